The summed E-state index contributed by atoms with van der Waals surface area (Å²) >= 11 is 3.13. The molecule has 0 fully saturated rings. The van der Waals surface area contributed by atoms with Crippen LogP contribution in [-0.4, -0.2) is 15.2 Å². The minimum absolute atomic E-state index is 0.0462. The van der Waals surface area contributed by atoms with E-state index in [4.69, 9.17) is 0 Å². The zero-order valence-electron chi connectivity index (χ0n) is 6.10. The van der Waals surface area contributed by atoms with Gasteiger partial charge < -0.3 is 0 Å². The number of fused-ring (bicyclic) bond motifs is 1. The quantitative estimate of drug-likeness (QED) is 0.565. The Kier molecular flexibility index (Phi) is 1.73. The van der Waals surface area contributed by atoms with Crippen LogP contribution in [0, 0.1) is 10.1 Å². The summed E-state index contributed by atoms with van der Waals surface area (Å²) in [6.45, 7) is 0. The van der Waals surface area contributed by atoms with Crippen molar-refractivity contribution in [1.82, 2.24) is 10.3 Å². The van der Waals surface area contributed by atoms with E-state index < -0.39 is 4.92 Å². The molecule has 7 heteroatoms. The second-order valence-corrected chi connectivity index (χ2v) is 3.17. The van der Waals surface area contributed by atoms with E-state index in [-0.39, 0.29) is 5.69 Å². The van der Waals surface area contributed by atoms with Gasteiger partial charge >= 0.3 is 0 Å². The highest BCUT2D eigenvalue weighted by Gasteiger charge is 2.13. The fourth-order valence-electron chi connectivity index (χ4n) is 0.941. The maximum Gasteiger partial charge on any atom is 0.273 e. The highest BCUT2D eigenvalue weighted by molar-refractivity contribution is 9.10. The molecule has 0 spiro atoms. The van der Waals surface area contributed by atoms with Crippen LogP contribution in [0.15, 0.2) is 21.2 Å². The smallest absolute Gasteiger partial charge is 0.258 e. The van der Waals surface area contributed by atoms with Crippen LogP contribution < -0.4 is 0 Å². The molecule has 1 heterocycles. The Morgan fingerprint density at radius 2 is 2.23 bits per heavy atom. The molecule has 66 valence electrons. The fourth-order valence-corrected chi connectivity index (χ4v) is 1.45. The molecular formula is C6H2BrN3O3. The number of halogens is 1. The number of nitro benzene ring substituents is 1. The highest BCUT2D eigenvalue weighted by atomic mass is 79.9. The summed E-state index contributed by atoms with van der Waals surface area (Å²) in [5.74, 6) is 0. The molecule has 0 aliphatic carbocycles. The first-order chi connectivity index (χ1) is 6.18. The van der Waals surface area contributed by atoms with E-state index >= 15 is 0 Å². The lowest BCUT2D eigenvalue weighted by Gasteiger charge is -1.91. The van der Waals surface area contributed by atoms with Crippen LogP contribution in [0.25, 0.3) is 11.0 Å². The molecule has 0 aliphatic heterocycles. The topological polar surface area (TPSA) is 82.1 Å². The van der Waals surface area contributed by atoms with E-state index in [0.29, 0.717) is 15.5 Å². The van der Waals surface area contributed by atoms with Crippen molar-refractivity contribution in [1.29, 1.82) is 0 Å². The van der Waals surface area contributed by atoms with Crippen LogP contribution in [0.1, 0.15) is 0 Å². The van der Waals surface area contributed by atoms with Gasteiger partial charge in [-0.3, -0.25) is 10.1 Å². The summed E-state index contributed by atoms with van der Waals surface area (Å²) in [7, 11) is 0. The number of benzene rings is 1. The molecule has 13 heavy (non-hydrogen) atoms. The molecule has 0 atom stereocenters. The molecule has 0 N–H and O–H groups in total. The van der Waals surface area contributed by atoms with Gasteiger partial charge in [0.2, 0.25) is 0 Å². The summed E-state index contributed by atoms with van der Waals surface area (Å²) in [5, 5.41) is 17.5. The molecule has 6 nitrogen and oxygen atoms in total. The van der Waals surface area contributed by atoms with Gasteiger partial charge in [0.15, 0.2) is 0 Å². The predicted octanol–water partition coefficient (Wildman–Crippen LogP) is 1.89. The summed E-state index contributed by atoms with van der Waals surface area (Å²) < 4.78 is 4.93. The maximum absolute atomic E-state index is 10.4. The van der Waals surface area contributed by atoms with Crippen molar-refractivity contribution < 1.29 is 9.55 Å². The van der Waals surface area contributed by atoms with Crippen molar-refractivity contribution in [3.05, 3.63) is 26.7 Å². The normalized spacial score (nSPS) is 10.5. The zero-order chi connectivity index (χ0) is 9.42. The van der Waals surface area contributed by atoms with Gasteiger partial charge in [-0.15, -0.1) is 0 Å². The van der Waals surface area contributed by atoms with Crippen LogP contribution in [0.4, 0.5) is 5.69 Å². The van der Waals surface area contributed by atoms with Crippen LogP contribution in [-0.2, 0) is 0 Å². The number of nitro groups is 1. The van der Waals surface area contributed by atoms with Gasteiger partial charge in [-0.1, -0.05) is 0 Å². The first-order valence-corrected chi connectivity index (χ1v) is 4.04. The van der Waals surface area contributed by atoms with Crippen LogP contribution in [0.3, 0.4) is 0 Å². The Bertz CT molecular complexity index is 481. The summed E-state index contributed by atoms with van der Waals surface area (Å²) in [5.41, 5.74) is 0.793. The molecule has 0 saturated carbocycles. The largest absolute Gasteiger partial charge is 0.273 e. The first-order valence-electron chi connectivity index (χ1n) is 3.24. The number of nitrogens with zero attached hydrogens (tertiary/aromatic N) is 3. The predicted molar refractivity (Wildman–Crippen MR) is 46.2 cm³/mol. The van der Waals surface area contributed by atoms with Crippen molar-refractivity contribution in [3.63, 3.8) is 0 Å². The second-order valence-electron chi connectivity index (χ2n) is 2.32. The van der Waals surface area contributed by atoms with Gasteiger partial charge in [0, 0.05) is 12.1 Å². The van der Waals surface area contributed by atoms with Crippen molar-refractivity contribution in [3.8, 4) is 0 Å². The standard InChI is InChI=1S/C6H2BrN3O3/c7-4-1-3(10(11)12)2-5-6(4)9-13-8-5/h1-2H. The molecule has 0 amide bonds. The van der Waals surface area contributed by atoms with Crippen LogP contribution in [0.2, 0.25) is 0 Å². The monoisotopic (exact) mass is 243 g/mol. The molecule has 2 aromatic rings. The maximum atomic E-state index is 10.4. The SMILES string of the molecule is O=[N+]([O-])c1cc(Br)c2nonc2c1. The lowest BCUT2D eigenvalue weighted by molar-refractivity contribution is -0.384. The molecule has 0 unspecified atom stereocenters. The summed E-state index contributed by atoms with van der Waals surface area (Å²) in [6, 6.07) is 2.66. The van der Waals surface area contributed by atoms with Crippen molar-refractivity contribution in [2.75, 3.05) is 0 Å². The summed E-state index contributed by atoms with van der Waals surface area (Å²) in [4.78, 5) is 9.92. The third-order valence-corrected chi connectivity index (χ3v) is 2.11. The van der Waals surface area contributed by atoms with E-state index in [2.05, 4.69) is 30.9 Å². The van der Waals surface area contributed by atoms with Crippen LogP contribution in [0.5, 0.6) is 0 Å². The third kappa shape index (κ3) is 1.26. The number of non-ortho nitro benzene ring substituents is 1. The second kappa shape index (κ2) is 2.77. The van der Waals surface area contributed by atoms with E-state index in [1.54, 1.807) is 0 Å². The Labute approximate surface area is 79.8 Å². The van der Waals surface area contributed by atoms with Gasteiger partial charge in [0.05, 0.1) is 9.40 Å². The van der Waals surface area contributed by atoms with E-state index in [0.717, 1.165) is 0 Å². The van der Waals surface area contributed by atoms with Gasteiger partial charge in [0.1, 0.15) is 11.0 Å². The van der Waals surface area contributed by atoms with E-state index in [9.17, 15) is 10.1 Å². The fraction of sp³-hybridized carbons (Fsp3) is 0. The summed E-state index contributed by atoms with van der Waals surface area (Å²) in [6.07, 6.45) is 0. The third-order valence-electron chi connectivity index (χ3n) is 1.51. The Balaban J connectivity index is 2.77. The molecule has 1 aromatic carbocycles. The first kappa shape index (κ1) is 8.11. The number of rotatable bonds is 1. The number of hydrogen-bond acceptors (Lipinski definition) is 5. The average Bonchev–Trinajstić information content (AvgIpc) is 2.51. The lowest BCUT2D eigenvalue weighted by atomic mass is 10.3. The molecule has 2 rings (SSSR count). The molecular weight excluding hydrogens is 242 g/mol. The molecule has 0 bridgehead atoms. The van der Waals surface area contributed by atoms with Gasteiger partial charge in [-0.25, -0.2) is 4.63 Å². The Hall–Kier alpha value is -1.50. The Morgan fingerprint density at radius 3 is 2.92 bits per heavy atom. The highest BCUT2D eigenvalue weighted by Crippen LogP contribution is 2.26. The average molecular weight is 244 g/mol. The lowest BCUT2D eigenvalue weighted by Crippen LogP contribution is -1.87. The van der Waals surface area contributed by atoms with E-state index in [1.807, 2.05) is 0 Å². The minimum Gasteiger partial charge on any atom is -0.258 e. The van der Waals surface area contributed by atoms with Crippen molar-refractivity contribution in [2.45, 2.75) is 0 Å². The van der Waals surface area contributed by atoms with Gasteiger partial charge in [-0.2, -0.15) is 0 Å². The van der Waals surface area contributed by atoms with Crippen molar-refractivity contribution >= 4 is 32.7 Å². The zero-order valence-corrected chi connectivity index (χ0v) is 7.69. The van der Waals surface area contributed by atoms with Gasteiger partial charge in [-0.05, 0) is 26.2 Å². The molecule has 1 aromatic heterocycles. The van der Waals surface area contributed by atoms with E-state index in [1.165, 1.54) is 12.1 Å². The van der Waals surface area contributed by atoms with Crippen LogP contribution >= 0.6 is 15.9 Å². The number of aromatic nitrogens is 2. The molecule has 0 radical (unpaired) electrons. The molecule has 0 aliphatic rings. The molecule has 0 saturated heterocycles. The van der Waals surface area contributed by atoms with Gasteiger partial charge in [0.25, 0.3) is 5.69 Å². The Morgan fingerprint density at radius 1 is 1.46 bits per heavy atom. The minimum atomic E-state index is -0.501. The number of hydrogen-bond donors (Lipinski definition) is 0. The van der Waals surface area contributed by atoms with Crippen molar-refractivity contribution in [2.24, 2.45) is 0 Å².